The number of hydrazone groups is 1. The van der Waals surface area contributed by atoms with E-state index in [0.29, 0.717) is 23.7 Å². The van der Waals surface area contributed by atoms with Crippen LogP contribution in [0.5, 0.6) is 5.75 Å². The summed E-state index contributed by atoms with van der Waals surface area (Å²) in [7, 11) is 0. The third-order valence-corrected chi connectivity index (χ3v) is 4.38. The molecule has 3 rings (SSSR count). The minimum absolute atomic E-state index is 0.333. The van der Waals surface area contributed by atoms with Crippen molar-refractivity contribution in [3.63, 3.8) is 0 Å². The second-order valence-electron chi connectivity index (χ2n) is 5.77. The molecule has 0 bridgehead atoms. The minimum Gasteiger partial charge on any atom is -0.494 e. The van der Waals surface area contributed by atoms with Crippen molar-refractivity contribution >= 4 is 27.5 Å². The average Bonchev–Trinajstić information content (AvgIpc) is 3.17. The molecule has 0 saturated carbocycles. The fourth-order valence-electron chi connectivity index (χ4n) is 2.45. The van der Waals surface area contributed by atoms with E-state index in [1.807, 2.05) is 62.4 Å². The monoisotopic (exact) mass is 426 g/mol. The molecule has 0 fully saturated rings. The van der Waals surface area contributed by atoms with E-state index in [2.05, 4.69) is 36.7 Å². The van der Waals surface area contributed by atoms with Gasteiger partial charge < -0.3 is 4.74 Å². The molecule has 27 heavy (non-hydrogen) atoms. The Bertz CT molecular complexity index is 964. The zero-order valence-electron chi connectivity index (χ0n) is 15.0. The number of aromatic nitrogens is 2. The van der Waals surface area contributed by atoms with Crippen molar-refractivity contribution in [1.29, 1.82) is 0 Å². The third kappa shape index (κ3) is 4.83. The summed E-state index contributed by atoms with van der Waals surface area (Å²) in [5.74, 6) is 0.407. The van der Waals surface area contributed by atoms with Crippen LogP contribution in [0, 0.1) is 0 Å². The van der Waals surface area contributed by atoms with Crippen LogP contribution < -0.4 is 10.2 Å². The molecule has 6 nitrogen and oxygen atoms in total. The van der Waals surface area contributed by atoms with Gasteiger partial charge in [-0.3, -0.25) is 9.89 Å². The van der Waals surface area contributed by atoms with Gasteiger partial charge in [-0.05, 0) is 49.7 Å². The molecule has 2 N–H and O–H groups in total. The molecule has 0 saturated heterocycles. The van der Waals surface area contributed by atoms with E-state index in [1.165, 1.54) is 0 Å². The molecule has 0 aliphatic carbocycles. The molecule has 0 spiro atoms. The van der Waals surface area contributed by atoms with Crippen LogP contribution in [0.2, 0.25) is 0 Å². The second kappa shape index (κ2) is 8.64. The number of H-pyrrole nitrogens is 1. The third-order valence-electron chi connectivity index (χ3n) is 3.85. The molecule has 138 valence electrons. The molecule has 0 radical (unpaired) electrons. The zero-order valence-corrected chi connectivity index (χ0v) is 16.6. The first-order chi connectivity index (χ1) is 13.1. The summed E-state index contributed by atoms with van der Waals surface area (Å²) in [5, 5.41) is 11.1. The number of hydrogen-bond acceptors (Lipinski definition) is 4. The van der Waals surface area contributed by atoms with Gasteiger partial charge in [0.15, 0.2) is 0 Å². The van der Waals surface area contributed by atoms with Crippen molar-refractivity contribution < 1.29 is 9.53 Å². The Hall–Kier alpha value is -2.93. The van der Waals surface area contributed by atoms with E-state index in [9.17, 15) is 4.79 Å². The van der Waals surface area contributed by atoms with Crippen molar-refractivity contribution in [2.24, 2.45) is 5.10 Å². The lowest BCUT2D eigenvalue weighted by atomic mass is 10.1. The summed E-state index contributed by atoms with van der Waals surface area (Å²) >= 11 is 3.39. The quantitative estimate of drug-likeness (QED) is 0.452. The summed E-state index contributed by atoms with van der Waals surface area (Å²) in [4.78, 5) is 12.3. The summed E-state index contributed by atoms with van der Waals surface area (Å²) in [6.45, 7) is 4.36. The van der Waals surface area contributed by atoms with Crippen LogP contribution in [0.15, 0.2) is 64.2 Å². The summed E-state index contributed by atoms with van der Waals surface area (Å²) in [6, 6.07) is 17.0. The van der Waals surface area contributed by atoms with Gasteiger partial charge in [0.2, 0.25) is 0 Å². The van der Waals surface area contributed by atoms with Gasteiger partial charge in [0.05, 0.1) is 18.0 Å². The molecule has 1 heterocycles. The van der Waals surface area contributed by atoms with E-state index in [1.54, 1.807) is 6.07 Å². The van der Waals surface area contributed by atoms with Crippen LogP contribution in [0.3, 0.4) is 0 Å². The molecule has 3 aromatic rings. The lowest BCUT2D eigenvalue weighted by Gasteiger charge is -2.03. The van der Waals surface area contributed by atoms with Crippen molar-refractivity contribution in [2.45, 2.75) is 13.8 Å². The Kier molecular flexibility index (Phi) is 6.03. The Balaban J connectivity index is 1.70. The highest BCUT2D eigenvalue weighted by molar-refractivity contribution is 9.10. The van der Waals surface area contributed by atoms with E-state index in [4.69, 9.17) is 4.74 Å². The van der Waals surface area contributed by atoms with Crippen LogP contribution in [-0.2, 0) is 0 Å². The van der Waals surface area contributed by atoms with Crippen molar-refractivity contribution in [1.82, 2.24) is 15.6 Å². The Labute approximate surface area is 165 Å². The van der Waals surface area contributed by atoms with Gasteiger partial charge in [0.25, 0.3) is 5.91 Å². The molecular formula is C20H19BrN4O2. The maximum absolute atomic E-state index is 12.3. The molecule has 0 aliphatic heterocycles. The zero-order chi connectivity index (χ0) is 19.2. The maximum Gasteiger partial charge on any atom is 0.289 e. The Morgan fingerprint density at radius 3 is 2.74 bits per heavy atom. The van der Waals surface area contributed by atoms with Gasteiger partial charge in [0.1, 0.15) is 11.4 Å². The van der Waals surface area contributed by atoms with E-state index in [-0.39, 0.29) is 5.91 Å². The number of carbonyl (C=O) groups is 1. The molecule has 0 unspecified atom stereocenters. The topological polar surface area (TPSA) is 79.4 Å². The number of nitrogens with one attached hydrogen (secondary N) is 2. The number of ether oxygens (including phenoxy) is 1. The van der Waals surface area contributed by atoms with Gasteiger partial charge in [0, 0.05) is 10.0 Å². The van der Waals surface area contributed by atoms with E-state index in [0.717, 1.165) is 21.3 Å². The number of nitrogens with zero attached hydrogens (tertiary/aromatic N) is 2. The molecule has 2 aromatic carbocycles. The van der Waals surface area contributed by atoms with Crippen LogP contribution >= 0.6 is 15.9 Å². The van der Waals surface area contributed by atoms with Gasteiger partial charge in [-0.25, -0.2) is 5.43 Å². The molecule has 0 atom stereocenters. The number of halogens is 1. The van der Waals surface area contributed by atoms with Crippen molar-refractivity contribution in [2.75, 3.05) is 6.61 Å². The van der Waals surface area contributed by atoms with Gasteiger partial charge in [-0.2, -0.15) is 10.2 Å². The summed E-state index contributed by atoms with van der Waals surface area (Å²) in [5.41, 5.74) is 6.05. The number of carbonyl (C=O) groups excluding carboxylic acids is 1. The van der Waals surface area contributed by atoms with Crippen LogP contribution in [0.25, 0.3) is 11.3 Å². The second-order valence-corrected chi connectivity index (χ2v) is 6.69. The first-order valence-electron chi connectivity index (χ1n) is 8.46. The van der Waals surface area contributed by atoms with Crippen molar-refractivity contribution in [3.05, 3.63) is 70.3 Å². The lowest BCUT2D eigenvalue weighted by molar-refractivity contribution is 0.0950. The van der Waals surface area contributed by atoms with Gasteiger partial charge in [-0.1, -0.05) is 40.2 Å². The number of benzene rings is 2. The predicted octanol–water partition coefficient (Wildman–Crippen LogP) is 4.39. The van der Waals surface area contributed by atoms with Crippen LogP contribution in [0.1, 0.15) is 29.9 Å². The Morgan fingerprint density at radius 2 is 2.00 bits per heavy atom. The fraction of sp³-hybridized carbons (Fsp3) is 0.150. The largest absolute Gasteiger partial charge is 0.494 e. The molecule has 7 heteroatoms. The van der Waals surface area contributed by atoms with E-state index < -0.39 is 0 Å². The highest BCUT2D eigenvalue weighted by Crippen LogP contribution is 2.22. The van der Waals surface area contributed by atoms with E-state index >= 15 is 0 Å². The molecule has 1 aromatic heterocycles. The SMILES string of the molecule is CCOc1cccc(-c2cc(C(=O)N/N=C(/C)c3ccc(Br)cc3)[nH]n2)c1. The highest BCUT2D eigenvalue weighted by atomic mass is 79.9. The molecule has 0 aliphatic rings. The fourth-order valence-corrected chi connectivity index (χ4v) is 2.71. The normalized spacial score (nSPS) is 11.3. The predicted molar refractivity (Wildman–Crippen MR) is 109 cm³/mol. The van der Waals surface area contributed by atoms with Crippen LogP contribution in [0.4, 0.5) is 0 Å². The number of amides is 1. The first-order valence-corrected chi connectivity index (χ1v) is 9.25. The van der Waals surface area contributed by atoms with Crippen molar-refractivity contribution in [3.8, 4) is 17.0 Å². The van der Waals surface area contributed by atoms with Crippen LogP contribution in [-0.4, -0.2) is 28.4 Å². The van der Waals surface area contributed by atoms with Gasteiger partial charge in [-0.15, -0.1) is 0 Å². The standard InChI is InChI=1S/C20H19BrN4O2/c1-3-27-17-6-4-5-15(11-17)18-12-19(24-23-18)20(26)25-22-13(2)14-7-9-16(21)10-8-14/h4-12H,3H2,1-2H3,(H,23,24)(H,25,26)/b22-13-. The summed E-state index contributed by atoms with van der Waals surface area (Å²) < 4.78 is 6.49. The smallest absolute Gasteiger partial charge is 0.289 e. The maximum atomic E-state index is 12.3. The first kappa shape index (κ1) is 18.8. The molecule has 1 amide bonds. The highest BCUT2D eigenvalue weighted by Gasteiger charge is 2.11. The minimum atomic E-state index is -0.355. The van der Waals surface area contributed by atoms with Gasteiger partial charge >= 0.3 is 0 Å². The number of rotatable bonds is 6. The molecular weight excluding hydrogens is 408 g/mol. The summed E-state index contributed by atoms with van der Waals surface area (Å²) in [6.07, 6.45) is 0. The average molecular weight is 427 g/mol. The number of aromatic amines is 1. The Morgan fingerprint density at radius 1 is 1.22 bits per heavy atom. The number of hydrogen-bond donors (Lipinski definition) is 2. The lowest BCUT2D eigenvalue weighted by Crippen LogP contribution is -2.19.